The summed E-state index contributed by atoms with van der Waals surface area (Å²) >= 11 is 19.0. The van der Waals surface area contributed by atoms with Crippen molar-refractivity contribution in [3.8, 4) is 5.75 Å². The average Bonchev–Trinajstić information content (AvgIpc) is 3.05. The highest BCUT2D eigenvalue weighted by Crippen LogP contribution is 2.29. The summed E-state index contributed by atoms with van der Waals surface area (Å²) in [5, 5.41) is 3.90. The lowest BCUT2D eigenvalue weighted by Gasteiger charge is -2.34. The molecule has 0 aliphatic rings. The molecule has 4 rings (SSSR count). The number of carbonyl (C=O) groups is 2. The van der Waals surface area contributed by atoms with Crippen LogP contribution < -0.4 is 14.4 Å². The maximum absolute atomic E-state index is 14.5. The van der Waals surface area contributed by atoms with Gasteiger partial charge in [0.05, 0.1) is 17.7 Å². The van der Waals surface area contributed by atoms with Gasteiger partial charge in [-0.3, -0.25) is 13.9 Å². The molecule has 1 N–H and O–H groups in total. The molecule has 0 saturated heterocycles. The number of anilines is 1. The van der Waals surface area contributed by atoms with Gasteiger partial charge >= 0.3 is 0 Å². The van der Waals surface area contributed by atoms with Crippen molar-refractivity contribution in [2.24, 2.45) is 0 Å². The molecule has 0 unspecified atom stereocenters. The van der Waals surface area contributed by atoms with E-state index in [-0.39, 0.29) is 34.5 Å². The van der Waals surface area contributed by atoms with Gasteiger partial charge in [-0.2, -0.15) is 0 Å². The molecule has 0 fully saturated rings. The zero-order valence-corrected chi connectivity index (χ0v) is 28.4. The van der Waals surface area contributed by atoms with E-state index in [1.807, 2.05) is 37.3 Å². The molecule has 0 aliphatic carbocycles. The van der Waals surface area contributed by atoms with Gasteiger partial charge < -0.3 is 15.0 Å². The quantitative estimate of drug-likeness (QED) is 0.153. The highest BCUT2D eigenvalue weighted by Gasteiger charge is 2.35. The number of halogens is 3. The van der Waals surface area contributed by atoms with Crippen LogP contribution in [0.15, 0.2) is 102 Å². The van der Waals surface area contributed by atoms with Gasteiger partial charge in [-0.25, -0.2) is 8.42 Å². The van der Waals surface area contributed by atoms with E-state index in [2.05, 4.69) is 5.32 Å². The third kappa shape index (κ3) is 8.94. The van der Waals surface area contributed by atoms with Crippen molar-refractivity contribution in [3.05, 3.63) is 123 Å². The minimum atomic E-state index is -4.30. The van der Waals surface area contributed by atoms with Crippen molar-refractivity contribution >= 4 is 62.3 Å². The molecule has 0 spiro atoms. The zero-order chi connectivity index (χ0) is 33.3. The molecule has 46 heavy (non-hydrogen) atoms. The first-order valence-electron chi connectivity index (χ1n) is 14.5. The number of methoxy groups -OCH3 is 1. The van der Waals surface area contributed by atoms with E-state index in [1.54, 1.807) is 36.4 Å². The fraction of sp³-hybridized carbons (Fsp3) is 0.235. The normalized spacial score (nSPS) is 11.8. The highest BCUT2D eigenvalue weighted by atomic mass is 35.5. The van der Waals surface area contributed by atoms with Crippen LogP contribution in [-0.2, 0) is 32.6 Å². The molecule has 12 heteroatoms. The summed E-state index contributed by atoms with van der Waals surface area (Å²) in [7, 11) is -2.83. The number of ether oxygens (including phenoxy) is 1. The van der Waals surface area contributed by atoms with Crippen molar-refractivity contribution in [2.45, 2.75) is 37.2 Å². The van der Waals surface area contributed by atoms with Crippen molar-refractivity contribution in [2.75, 3.05) is 24.5 Å². The minimum Gasteiger partial charge on any atom is -0.497 e. The Hall–Kier alpha value is -3.76. The molecule has 242 valence electrons. The van der Waals surface area contributed by atoms with Gasteiger partial charge in [0.25, 0.3) is 10.0 Å². The number of sulfonamides is 1. The van der Waals surface area contributed by atoms with Gasteiger partial charge in [0.1, 0.15) is 18.3 Å². The number of nitrogens with zero attached hydrogens (tertiary/aromatic N) is 2. The Bertz CT molecular complexity index is 1760. The topological polar surface area (TPSA) is 96.0 Å². The van der Waals surface area contributed by atoms with Crippen LogP contribution in [0, 0.1) is 0 Å². The van der Waals surface area contributed by atoms with E-state index >= 15 is 0 Å². The number of rotatable bonds is 14. The number of hydrogen-bond donors (Lipinski definition) is 1. The van der Waals surface area contributed by atoms with E-state index in [0.717, 1.165) is 9.87 Å². The van der Waals surface area contributed by atoms with Gasteiger partial charge in [0.2, 0.25) is 11.8 Å². The fourth-order valence-electron chi connectivity index (χ4n) is 4.79. The summed E-state index contributed by atoms with van der Waals surface area (Å²) < 4.78 is 34.5. The minimum absolute atomic E-state index is 0.0603. The van der Waals surface area contributed by atoms with Crippen LogP contribution in [0.25, 0.3) is 0 Å². The SMILES string of the molecule is CCCNC(=O)[C@H](Cc1ccccc1)N(Cc1ccc(Cl)cc1Cl)C(=O)CN(c1cccc(Cl)c1)S(=O)(=O)c1ccc(OC)cc1. The predicted molar refractivity (Wildman–Crippen MR) is 183 cm³/mol. The molecule has 0 bridgehead atoms. The molecule has 8 nitrogen and oxygen atoms in total. The fourth-order valence-corrected chi connectivity index (χ4v) is 6.85. The molecular weight excluding hydrogens is 669 g/mol. The maximum Gasteiger partial charge on any atom is 0.264 e. The van der Waals surface area contributed by atoms with Gasteiger partial charge in [-0.05, 0) is 72.1 Å². The van der Waals surface area contributed by atoms with Crippen molar-refractivity contribution < 1.29 is 22.7 Å². The Morgan fingerprint density at radius 3 is 2.20 bits per heavy atom. The second kappa shape index (κ2) is 16.2. The summed E-state index contributed by atoms with van der Waals surface area (Å²) in [6.45, 7) is 1.61. The molecule has 2 amide bonds. The molecular formula is C34H34Cl3N3O5S. The standard InChI is InChI=1S/C34H34Cl3N3O5S/c1-3-18-38-34(42)32(19-24-8-5-4-6-9-24)39(22-25-12-13-27(36)21-31(25)37)33(41)23-40(28-11-7-10-26(35)20-28)46(43,44)30-16-14-29(45-2)15-17-30/h4-17,20-21,32H,3,18-19,22-23H2,1-2H3,(H,38,42)/t32-/m0/s1. The second-order valence-electron chi connectivity index (χ2n) is 10.4. The largest absolute Gasteiger partial charge is 0.497 e. The lowest BCUT2D eigenvalue weighted by molar-refractivity contribution is -0.140. The van der Waals surface area contributed by atoms with Crippen LogP contribution in [0.4, 0.5) is 5.69 Å². The zero-order valence-electron chi connectivity index (χ0n) is 25.3. The molecule has 1 atom stereocenters. The predicted octanol–water partition coefficient (Wildman–Crippen LogP) is 7.02. The van der Waals surface area contributed by atoms with Crippen LogP contribution >= 0.6 is 34.8 Å². The Labute approximate surface area is 284 Å². The molecule has 0 heterocycles. The Kier molecular flexibility index (Phi) is 12.3. The van der Waals surface area contributed by atoms with Gasteiger partial charge in [-0.15, -0.1) is 0 Å². The number of hydrogen-bond acceptors (Lipinski definition) is 5. The molecule has 4 aromatic rings. The Balaban J connectivity index is 1.81. The highest BCUT2D eigenvalue weighted by molar-refractivity contribution is 7.92. The molecule has 0 aromatic heterocycles. The summed E-state index contributed by atoms with van der Waals surface area (Å²) in [5.74, 6) is -0.538. The Morgan fingerprint density at radius 1 is 0.870 bits per heavy atom. The lowest BCUT2D eigenvalue weighted by Crippen LogP contribution is -2.53. The Morgan fingerprint density at radius 2 is 1.57 bits per heavy atom. The van der Waals surface area contributed by atoms with Crippen molar-refractivity contribution in [3.63, 3.8) is 0 Å². The monoisotopic (exact) mass is 701 g/mol. The summed E-state index contributed by atoms with van der Waals surface area (Å²) in [6, 6.07) is 25.2. The van der Waals surface area contributed by atoms with Crippen LogP contribution in [0.5, 0.6) is 5.75 Å². The molecule has 0 radical (unpaired) electrons. The average molecular weight is 703 g/mol. The second-order valence-corrected chi connectivity index (χ2v) is 13.6. The number of benzene rings is 4. The number of amides is 2. The van der Waals surface area contributed by atoms with Gasteiger partial charge in [0, 0.05) is 34.6 Å². The molecule has 0 aliphatic heterocycles. The first-order chi connectivity index (χ1) is 22.0. The number of carbonyl (C=O) groups excluding carboxylic acids is 2. The van der Waals surface area contributed by atoms with Crippen molar-refractivity contribution in [1.29, 1.82) is 0 Å². The van der Waals surface area contributed by atoms with Crippen LogP contribution in [-0.4, -0.2) is 51.4 Å². The van der Waals surface area contributed by atoms with E-state index in [4.69, 9.17) is 39.5 Å². The van der Waals surface area contributed by atoms with Gasteiger partial charge in [-0.1, -0.05) is 84.2 Å². The first kappa shape index (κ1) is 35.1. The summed E-state index contributed by atoms with van der Waals surface area (Å²) in [4.78, 5) is 29.6. The smallest absolute Gasteiger partial charge is 0.264 e. The van der Waals surface area contributed by atoms with Crippen molar-refractivity contribution in [1.82, 2.24) is 10.2 Å². The van der Waals surface area contributed by atoms with E-state index in [0.29, 0.717) is 34.3 Å². The maximum atomic E-state index is 14.5. The summed E-state index contributed by atoms with van der Waals surface area (Å²) in [5.41, 5.74) is 1.53. The molecule has 0 saturated carbocycles. The van der Waals surface area contributed by atoms with E-state index in [1.165, 1.54) is 42.3 Å². The van der Waals surface area contributed by atoms with E-state index < -0.39 is 28.5 Å². The van der Waals surface area contributed by atoms with Crippen LogP contribution in [0.2, 0.25) is 15.1 Å². The van der Waals surface area contributed by atoms with E-state index in [9.17, 15) is 18.0 Å². The van der Waals surface area contributed by atoms with Gasteiger partial charge in [0.15, 0.2) is 0 Å². The first-order valence-corrected chi connectivity index (χ1v) is 17.1. The summed E-state index contributed by atoms with van der Waals surface area (Å²) in [6.07, 6.45) is 0.860. The lowest BCUT2D eigenvalue weighted by atomic mass is 10.0. The third-order valence-corrected chi connectivity index (χ3v) is 9.81. The number of nitrogens with one attached hydrogen (secondary N) is 1. The van der Waals surface area contributed by atoms with Crippen LogP contribution in [0.1, 0.15) is 24.5 Å². The third-order valence-electron chi connectivity index (χ3n) is 7.20. The van der Waals surface area contributed by atoms with Crippen LogP contribution in [0.3, 0.4) is 0 Å². The molecule has 4 aromatic carbocycles.